The molecule has 0 aromatic rings. The van der Waals surface area contributed by atoms with Gasteiger partial charge in [0.25, 0.3) is 0 Å². The average molecular weight is 124 g/mol. The van der Waals surface area contributed by atoms with Crippen molar-refractivity contribution in [1.82, 2.24) is 0 Å². The fourth-order valence-corrected chi connectivity index (χ4v) is 0.767. The standard InChI is InChI=1S/C6H8N2O/c7-4-5-3-6(9)1-2-8-5/h4,7H,1-3H2. The minimum Gasteiger partial charge on any atom is -0.307 e. The Labute approximate surface area is 53.3 Å². The third kappa shape index (κ3) is 1.45. The molecule has 0 unspecified atom stereocenters. The third-order valence-electron chi connectivity index (χ3n) is 1.25. The second kappa shape index (κ2) is 2.53. The lowest BCUT2D eigenvalue weighted by atomic mass is 10.1. The lowest BCUT2D eigenvalue weighted by molar-refractivity contribution is -0.117. The van der Waals surface area contributed by atoms with Gasteiger partial charge in [-0.25, -0.2) is 0 Å². The predicted octanol–water partition coefficient (Wildman–Crippen LogP) is 0.440. The maximum Gasteiger partial charge on any atom is 0.140 e. The maximum absolute atomic E-state index is 10.6. The number of rotatable bonds is 1. The molecule has 1 heterocycles. The zero-order valence-corrected chi connectivity index (χ0v) is 5.05. The fraction of sp³-hybridized carbons (Fsp3) is 0.500. The number of aliphatic imine (C=N–C) groups is 1. The Bertz CT molecular complexity index is 172. The Balaban J connectivity index is 2.63. The summed E-state index contributed by atoms with van der Waals surface area (Å²) < 4.78 is 0. The molecule has 0 fully saturated rings. The van der Waals surface area contributed by atoms with Crippen molar-refractivity contribution in [3.05, 3.63) is 0 Å². The number of carbonyl (C=O) groups excluding carboxylic acids is 1. The number of nitrogens with one attached hydrogen (secondary N) is 1. The second-order valence-corrected chi connectivity index (χ2v) is 1.98. The highest BCUT2D eigenvalue weighted by atomic mass is 16.1. The summed E-state index contributed by atoms with van der Waals surface area (Å²) in [6.45, 7) is 0.573. The van der Waals surface area contributed by atoms with Crippen LogP contribution >= 0.6 is 0 Å². The van der Waals surface area contributed by atoms with Crippen LogP contribution < -0.4 is 0 Å². The summed E-state index contributed by atoms with van der Waals surface area (Å²) in [5.74, 6) is 0.198. The molecule has 0 radical (unpaired) electrons. The van der Waals surface area contributed by atoms with E-state index < -0.39 is 0 Å². The van der Waals surface area contributed by atoms with E-state index in [4.69, 9.17) is 5.41 Å². The molecule has 0 aromatic carbocycles. The van der Waals surface area contributed by atoms with E-state index in [-0.39, 0.29) is 5.78 Å². The van der Waals surface area contributed by atoms with Crippen molar-refractivity contribution < 1.29 is 4.79 Å². The van der Waals surface area contributed by atoms with Crippen molar-refractivity contribution in [2.75, 3.05) is 6.54 Å². The van der Waals surface area contributed by atoms with Gasteiger partial charge in [-0.05, 0) is 0 Å². The van der Waals surface area contributed by atoms with Gasteiger partial charge in [0, 0.05) is 25.6 Å². The van der Waals surface area contributed by atoms with Gasteiger partial charge in [0.15, 0.2) is 0 Å². The van der Waals surface area contributed by atoms with Gasteiger partial charge in [-0.3, -0.25) is 9.79 Å². The number of hydrogen-bond donors (Lipinski definition) is 1. The van der Waals surface area contributed by atoms with E-state index in [1.54, 1.807) is 0 Å². The van der Waals surface area contributed by atoms with Crippen LogP contribution in [0.2, 0.25) is 0 Å². The molecule has 1 aliphatic rings. The monoisotopic (exact) mass is 124 g/mol. The number of Topliss-reactive ketones (excluding diaryl/α,β-unsaturated/α-hetero) is 1. The first kappa shape index (κ1) is 6.13. The molecule has 0 atom stereocenters. The van der Waals surface area contributed by atoms with Crippen LogP contribution in [0.25, 0.3) is 0 Å². The Morgan fingerprint density at radius 1 is 1.67 bits per heavy atom. The molecular formula is C6H8N2O. The third-order valence-corrected chi connectivity index (χ3v) is 1.25. The topological polar surface area (TPSA) is 53.3 Å². The summed E-state index contributed by atoms with van der Waals surface area (Å²) in [4.78, 5) is 14.6. The van der Waals surface area contributed by atoms with Gasteiger partial charge in [0.1, 0.15) is 5.78 Å². The van der Waals surface area contributed by atoms with Crippen molar-refractivity contribution in [3.8, 4) is 0 Å². The van der Waals surface area contributed by atoms with E-state index in [1.165, 1.54) is 0 Å². The van der Waals surface area contributed by atoms with Gasteiger partial charge >= 0.3 is 0 Å². The quantitative estimate of drug-likeness (QED) is 0.506. The molecule has 1 N–H and O–H groups in total. The van der Waals surface area contributed by atoms with E-state index in [0.29, 0.717) is 25.1 Å². The first-order valence-corrected chi connectivity index (χ1v) is 2.88. The van der Waals surface area contributed by atoms with Crippen LogP contribution in [0.4, 0.5) is 0 Å². The zero-order chi connectivity index (χ0) is 6.69. The summed E-state index contributed by atoms with van der Waals surface area (Å²) >= 11 is 0. The summed E-state index contributed by atoms with van der Waals surface area (Å²) in [6, 6.07) is 0. The Morgan fingerprint density at radius 2 is 2.44 bits per heavy atom. The van der Waals surface area contributed by atoms with Gasteiger partial charge in [0.05, 0.1) is 5.71 Å². The molecule has 3 heteroatoms. The highest BCUT2D eigenvalue weighted by molar-refractivity contribution is 6.34. The van der Waals surface area contributed by atoms with E-state index in [2.05, 4.69) is 4.99 Å². The SMILES string of the molecule is N=CC1=NCCC(=O)C1. The van der Waals surface area contributed by atoms with Crippen LogP contribution in [-0.4, -0.2) is 24.3 Å². The van der Waals surface area contributed by atoms with Crippen LogP contribution in [0.3, 0.4) is 0 Å². The van der Waals surface area contributed by atoms with E-state index in [0.717, 1.165) is 6.21 Å². The summed E-state index contributed by atoms with van der Waals surface area (Å²) in [5, 5.41) is 6.78. The average Bonchev–Trinajstić information content (AvgIpc) is 1.88. The van der Waals surface area contributed by atoms with E-state index >= 15 is 0 Å². The van der Waals surface area contributed by atoms with E-state index in [1.807, 2.05) is 0 Å². The van der Waals surface area contributed by atoms with Crippen LogP contribution in [-0.2, 0) is 4.79 Å². The van der Waals surface area contributed by atoms with Gasteiger partial charge in [-0.1, -0.05) is 0 Å². The van der Waals surface area contributed by atoms with Crippen LogP contribution in [0.15, 0.2) is 4.99 Å². The highest BCUT2D eigenvalue weighted by Gasteiger charge is 2.09. The normalized spacial score (nSPS) is 19.1. The molecule has 0 spiro atoms. The molecule has 1 aliphatic heterocycles. The lowest BCUT2D eigenvalue weighted by Crippen LogP contribution is -2.15. The number of hydrogen-bond acceptors (Lipinski definition) is 3. The molecule has 48 valence electrons. The fourth-order valence-electron chi connectivity index (χ4n) is 0.767. The van der Waals surface area contributed by atoms with Gasteiger partial charge < -0.3 is 5.41 Å². The van der Waals surface area contributed by atoms with Crippen molar-refractivity contribution in [2.24, 2.45) is 4.99 Å². The van der Waals surface area contributed by atoms with Crippen molar-refractivity contribution in [1.29, 1.82) is 5.41 Å². The predicted molar refractivity (Wildman–Crippen MR) is 35.3 cm³/mol. The lowest BCUT2D eigenvalue weighted by Gasteiger charge is -2.04. The minimum absolute atomic E-state index is 0.198. The van der Waals surface area contributed by atoms with Crippen molar-refractivity contribution >= 4 is 17.7 Å². The minimum atomic E-state index is 0.198. The molecule has 0 saturated heterocycles. The van der Waals surface area contributed by atoms with Crippen molar-refractivity contribution in [3.63, 3.8) is 0 Å². The molecule has 0 saturated carbocycles. The van der Waals surface area contributed by atoms with Gasteiger partial charge in [-0.15, -0.1) is 0 Å². The molecular weight excluding hydrogens is 116 g/mol. The first-order valence-electron chi connectivity index (χ1n) is 2.88. The number of carbonyl (C=O) groups is 1. The van der Waals surface area contributed by atoms with Gasteiger partial charge in [-0.2, -0.15) is 0 Å². The second-order valence-electron chi connectivity index (χ2n) is 1.98. The molecule has 0 aliphatic carbocycles. The van der Waals surface area contributed by atoms with Gasteiger partial charge in [0.2, 0.25) is 0 Å². The molecule has 0 bridgehead atoms. The molecule has 0 amide bonds. The zero-order valence-electron chi connectivity index (χ0n) is 5.05. The highest BCUT2D eigenvalue weighted by Crippen LogP contribution is 1.99. The van der Waals surface area contributed by atoms with Crippen molar-refractivity contribution in [2.45, 2.75) is 12.8 Å². The summed E-state index contributed by atoms with van der Waals surface area (Å²) in [5.41, 5.74) is 0.617. The Morgan fingerprint density at radius 3 is 2.89 bits per heavy atom. The first-order chi connectivity index (χ1) is 4.33. The number of ketones is 1. The largest absolute Gasteiger partial charge is 0.307 e. The van der Waals surface area contributed by atoms with Crippen LogP contribution in [0, 0.1) is 5.41 Å². The Hall–Kier alpha value is -0.990. The molecule has 9 heavy (non-hydrogen) atoms. The molecule has 0 aromatic heterocycles. The van der Waals surface area contributed by atoms with E-state index in [9.17, 15) is 4.79 Å². The Kier molecular flexibility index (Phi) is 1.72. The molecule has 3 nitrogen and oxygen atoms in total. The number of nitrogens with zero attached hydrogens (tertiary/aromatic N) is 1. The maximum atomic E-state index is 10.6. The van der Waals surface area contributed by atoms with Crippen LogP contribution in [0.1, 0.15) is 12.8 Å². The smallest absolute Gasteiger partial charge is 0.140 e. The summed E-state index contributed by atoms with van der Waals surface area (Å²) in [6.07, 6.45) is 2.07. The van der Waals surface area contributed by atoms with Crippen LogP contribution in [0.5, 0.6) is 0 Å². The molecule has 1 rings (SSSR count). The summed E-state index contributed by atoms with van der Waals surface area (Å²) in [7, 11) is 0.